The standard InChI is InChI=1S/C21H24N2O2/c1-16-10-12-18(13-11-16)20(24)22-19(17-8-4-2-5-9-17)21(25)23-14-6-3-7-15-23/h2,4-5,8-13,19H,3,6-7,14-15H2,1H3,(H,22,24)/t19-/m0/s1. The third kappa shape index (κ3) is 4.27. The number of carbonyl (C=O) groups is 2. The molecular formula is C21H24N2O2. The Kier molecular flexibility index (Phi) is 5.49. The average Bonchev–Trinajstić information content (AvgIpc) is 2.67. The molecule has 1 saturated heterocycles. The van der Waals surface area contributed by atoms with E-state index in [4.69, 9.17) is 0 Å². The van der Waals surface area contributed by atoms with Crippen molar-refractivity contribution < 1.29 is 9.59 Å². The molecule has 0 bridgehead atoms. The van der Waals surface area contributed by atoms with E-state index in [1.807, 2.05) is 54.3 Å². The Morgan fingerprint density at radius 3 is 2.20 bits per heavy atom. The number of hydrogen-bond donors (Lipinski definition) is 1. The topological polar surface area (TPSA) is 49.4 Å². The smallest absolute Gasteiger partial charge is 0.252 e. The number of piperidine rings is 1. The summed E-state index contributed by atoms with van der Waals surface area (Å²) in [5.41, 5.74) is 2.48. The zero-order valence-electron chi connectivity index (χ0n) is 14.6. The number of nitrogens with zero attached hydrogens (tertiary/aromatic N) is 1. The average molecular weight is 336 g/mol. The zero-order chi connectivity index (χ0) is 17.6. The van der Waals surface area contributed by atoms with E-state index in [0.717, 1.165) is 43.5 Å². The monoisotopic (exact) mass is 336 g/mol. The first kappa shape index (κ1) is 17.2. The van der Waals surface area contributed by atoms with Crippen molar-refractivity contribution in [2.45, 2.75) is 32.2 Å². The summed E-state index contributed by atoms with van der Waals surface area (Å²) in [7, 11) is 0. The highest BCUT2D eigenvalue weighted by molar-refractivity contribution is 5.97. The molecule has 0 radical (unpaired) electrons. The molecule has 1 fully saturated rings. The summed E-state index contributed by atoms with van der Waals surface area (Å²) in [6, 6.07) is 16.2. The second-order valence-electron chi connectivity index (χ2n) is 6.57. The number of hydrogen-bond acceptors (Lipinski definition) is 2. The van der Waals surface area contributed by atoms with Gasteiger partial charge in [-0.05, 0) is 43.9 Å². The number of nitrogens with one attached hydrogen (secondary N) is 1. The highest BCUT2D eigenvalue weighted by atomic mass is 16.2. The van der Waals surface area contributed by atoms with Crippen LogP contribution >= 0.6 is 0 Å². The molecule has 1 aliphatic heterocycles. The van der Waals surface area contributed by atoms with Crippen molar-refractivity contribution in [2.75, 3.05) is 13.1 Å². The van der Waals surface area contributed by atoms with Crippen LogP contribution in [-0.2, 0) is 4.79 Å². The van der Waals surface area contributed by atoms with Crippen molar-refractivity contribution in [2.24, 2.45) is 0 Å². The lowest BCUT2D eigenvalue weighted by Gasteiger charge is -2.31. The summed E-state index contributed by atoms with van der Waals surface area (Å²) >= 11 is 0. The SMILES string of the molecule is Cc1ccc(C(=O)N[C@H](C(=O)N2CCCCC2)c2ccccc2)cc1. The lowest BCUT2D eigenvalue weighted by Crippen LogP contribution is -2.45. The van der Waals surface area contributed by atoms with Gasteiger partial charge in [0.05, 0.1) is 0 Å². The molecule has 1 aliphatic rings. The molecule has 3 rings (SSSR count). The number of rotatable bonds is 4. The Balaban J connectivity index is 1.82. The van der Waals surface area contributed by atoms with E-state index in [1.54, 1.807) is 12.1 Å². The van der Waals surface area contributed by atoms with Gasteiger partial charge < -0.3 is 10.2 Å². The minimum atomic E-state index is -0.645. The van der Waals surface area contributed by atoms with Crippen molar-refractivity contribution in [3.8, 4) is 0 Å². The van der Waals surface area contributed by atoms with Crippen LogP contribution in [0.1, 0.15) is 46.8 Å². The van der Waals surface area contributed by atoms with Crippen molar-refractivity contribution in [3.05, 3.63) is 71.3 Å². The van der Waals surface area contributed by atoms with Crippen LogP contribution in [0, 0.1) is 6.92 Å². The molecule has 2 aromatic rings. The first-order valence-corrected chi connectivity index (χ1v) is 8.86. The summed E-state index contributed by atoms with van der Waals surface area (Å²) in [5, 5.41) is 2.94. The van der Waals surface area contributed by atoms with E-state index >= 15 is 0 Å². The fourth-order valence-electron chi connectivity index (χ4n) is 3.15. The molecule has 1 heterocycles. The predicted molar refractivity (Wildman–Crippen MR) is 98.3 cm³/mol. The van der Waals surface area contributed by atoms with Crippen molar-refractivity contribution in [1.82, 2.24) is 10.2 Å². The van der Waals surface area contributed by atoms with Crippen molar-refractivity contribution in [1.29, 1.82) is 0 Å². The molecule has 1 atom stereocenters. The largest absolute Gasteiger partial charge is 0.341 e. The summed E-state index contributed by atoms with van der Waals surface area (Å²) in [6.07, 6.45) is 3.22. The number of carbonyl (C=O) groups excluding carboxylic acids is 2. The highest BCUT2D eigenvalue weighted by Gasteiger charge is 2.28. The quantitative estimate of drug-likeness (QED) is 0.929. The van der Waals surface area contributed by atoms with Gasteiger partial charge >= 0.3 is 0 Å². The fraction of sp³-hybridized carbons (Fsp3) is 0.333. The minimum Gasteiger partial charge on any atom is -0.341 e. The van der Waals surface area contributed by atoms with Crippen LogP contribution in [0.5, 0.6) is 0 Å². The second-order valence-corrected chi connectivity index (χ2v) is 6.57. The summed E-state index contributed by atoms with van der Waals surface area (Å²) in [5.74, 6) is -0.245. The fourth-order valence-corrected chi connectivity index (χ4v) is 3.15. The van der Waals surface area contributed by atoms with E-state index < -0.39 is 6.04 Å². The van der Waals surface area contributed by atoms with E-state index in [9.17, 15) is 9.59 Å². The molecule has 0 spiro atoms. The van der Waals surface area contributed by atoms with Crippen LogP contribution in [0.15, 0.2) is 54.6 Å². The third-order valence-corrected chi connectivity index (χ3v) is 4.64. The van der Waals surface area contributed by atoms with Crippen LogP contribution < -0.4 is 5.32 Å². The lowest BCUT2D eigenvalue weighted by molar-refractivity contribution is -0.134. The maximum absolute atomic E-state index is 13.0. The van der Waals surface area contributed by atoms with Crippen molar-refractivity contribution >= 4 is 11.8 Å². The molecule has 4 nitrogen and oxygen atoms in total. The predicted octanol–water partition coefficient (Wildman–Crippen LogP) is 3.48. The Hall–Kier alpha value is -2.62. The summed E-state index contributed by atoms with van der Waals surface area (Å²) < 4.78 is 0. The third-order valence-electron chi connectivity index (χ3n) is 4.64. The van der Waals surface area contributed by atoms with Crippen molar-refractivity contribution in [3.63, 3.8) is 0 Å². The van der Waals surface area contributed by atoms with Crippen LogP contribution in [0.3, 0.4) is 0 Å². The van der Waals surface area contributed by atoms with Gasteiger partial charge in [0, 0.05) is 18.7 Å². The molecule has 0 aromatic heterocycles. The minimum absolute atomic E-state index is 0.0219. The molecule has 4 heteroatoms. The van der Waals surface area contributed by atoms with Crippen LogP contribution in [-0.4, -0.2) is 29.8 Å². The van der Waals surface area contributed by atoms with Crippen LogP contribution in [0.2, 0.25) is 0 Å². The number of amides is 2. The molecule has 2 aromatic carbocycles. The maximum atomic E-state index is 13.0. The molecule has 0 aliphatic carbocycles. The highest BCUT2D eigenvalue weighted by Crippen LogP contribution is 2.20. The van der Waals surface area contributed by atoms with E-state index in [0.29, 0.717) is 5.56 Å². The van der Waals surface area contributed by atoms with Gasteiger partial charge in [0.2, 0.25) is 5.91 Å². The molecule has 2 amide bonds. The zero-order valence-corrected chi connectivity index (χ0v) is 14.6. The van der Waals surface area contributed by atoms with Crippen LogP contribution in [0.25, 0.3) is 0 Å². The van der Waals surface area contributed by atoms with Gasteiger partial charge in [-0.1, -0.05) is 48.0 Å². The van der Waals surface area contributed by atoms with Gasteiger partial charge in [-0.25, -0.2) is 0 Å². The molecule has 0 unspecified atom stereocenters. The molecular weight excluding hydrogens is 312 g/mol. The van der Waals surface area contributed by atoms with Gasteiger partial charge in [0.1, 0.15) is 6.04 Å². The second kappa shape index (κ2) is 7.97. The Bertz CT molecular complexity index is 719. The normalized spacial score (nSPS) is 15.5. The lowest BCUT2D eigenvalue weighted by atomic mass is 10.0. The number of aryl methyl sites for hydroxylation is 1. The Labute approximate surface area is 148 Å². The van der Waals surface area contributed by atoms with E-state index in [1.165, 1.54) is 0 Å². The molecule has 1 N–H and O–H groups in total. The first-order chi connectivity index (χ1) is 12.1. The molecule has 0 saturated carbocycles. The van der Waals surface area contributed by atoms with Gasteiger partial charge in [0.25, 0.3) is 5.91 Å². The van der Waals surface area contributed by atoms with E-state index in [-0.39, 0.29) is 11.8 Å². The summed E-state index contributed by atoms with van der Waals surface area (Å²) in [4.78, 5) is 27.5. The maximum Gasteiger partial charge on any atom is 0.252 e. The molecule has 25 heavy (non-hydrogen) atoms. The van der Waals surface area contributed by atoms with Crippen LogP contribution in [0.4, 0.5) is 0 Å². The van der Waals surface area contributed by atoms with Gasteiger partial charge in [-0.15, -0.1) is 0 Å². The first-order valence-electron chi connectivity index (χ1n) is 8.86. The number of benzene rings is 2. The van der Waals surface area contributed by atoms with Gasteiger partial charge in [-0.3, -0.25) is 9.59 Å². The Morgan fingerprint density at radius 1 is 0.920 bits per heavy atom. The van der Waals surface area contributed by atoms with E-state index in [2.05, 4.69) is 5.32 Å². The van der Waals surface area contributed by atoms with Gasteiger partial charge in [-0.2, -0.15) is 0 Å². The molecule has 130 valence electrons. The summed E-state index contributed by atoms with van der Waals surface area (Å²) in [6.45, 7) is 3.51. The van der Waals surface area contributed by atoms with Gasteiger partial charge in [0.15, 0.2) is 0 Å². The number of likely N-dealkylation sites (tertiary alicyclic amines) is 1. The Morgan fingerprint density at radius 2 is 1.56 bits per heavy atom.